The van der Waals surface area contributed by atoms with Crippen molar-refractivity contribution in [3.05, 3.63) is 47.8 Å². The molecule has 3 rings (SSSR count). The van der Waals surface area contributed by atoms with Gasteiger partial charge in [0.25, 0.3) is 5.91 Å². The molecule has 0 radical (unpaired) electrons. The van der Waals surface area contributed by atoms with Gasteiger partial charge in [-0.25, -0.2) is 4.68 Å². The number of amides is 1. The number of likely N-dealkylation sites (tertiary alicyclic amines) is 1. The van der Waals surface area contributed by atoms with Gasteiger partial charge in [0.2, 0.25) is 0 Å². The van der Waals surface area contributed by atoms with E-state index < -0.39 is 11.9 Å². The quantitative estimate of drug-likeness (QED) is 0.866. The summed E-state index contributed by atoms with van der Waals surface area (Å²) in [5.41, 5.74) is -0.266. The molecule has 27 heavy (non-hydrogen) atoms. The van der Waals surface area contributed by atoms with Crippen LogP contribution >= 0.6 is 0 Å². The number of nitrogens with one attached hydrogen (secondary N) is 1. The van der Waals surface area contributed by atoms with Crippen LogP contribution in [0.5, 0.6) is 0 Å². The van der Waals surface area contributed by atoms with Crippen LogP contribution < -0.4 is 5.32 Å². The Morgan fingerprint density at radius 2 is 2.00 bits per heavy atom. The molecule has 1 aromatic heterocycles. The zero-order valence-electron chi connectivity index (χ0n) is 15.2. The number of aromatic nitrogens is 2. The highest BCUT2D eigenvalue weighted by Gasteiger charge is 2.35. The number of benzene rings is 1. The van der Waals surface area contributed by atoms with E-state index in [1.54, 1.807) is 17.0 Å². The van der Waals surface area contributed by atoms with Crippen molar-refractivity contribution in [3.63, 3.8) is 0 Å². The SMILES string of the molecule is CCNCC1CCN(C(=O)c2cccc(-n3nccc3C(F)(F)F)c2)CC1. The molecule has 2 heterocycles. The second kappa shape index (κ2) is 8.12. The van der Waals surface area contributed by atoms with E-state index in [4.69, 9.17) is 0 Å². The van der Waals surface area contributed by atoms with Crippen LogP contribution in [0.2, 0.25) is 0 Å². The van der Waals surface area contributed by atoms with Gasteiger partial charge in [-0.3, -0.25) is 4.79 Å². The average molecular weight is 380 g/mol. The second-order valence-corrected chi connectivity index (χ2v) is 6.72. The molecule has 2 aromatic rings. The summed E-state index contributed by atoms with van der Waals surface area (Å²) < 4.78 is 40.1. The van der Waals surface area contributed by atoms with Crippen LogP contribution in [0, 0.1) is 5.92 Å². The van der Waals surface area contributed by atoms with E-state index in [9.17, 15) is 18.0 Å². The second-order valence-electron chi connectivity index (χ2n) is 6.72. The molecule has 1 aliphatic rings. The molecule has 1 aromatic carbocycles. The van der Waals surface area contributed by atoms with Crippen LogP contribution in [0.3, 0.4) is 0 Å². The molecular formula is C19H23F3N4O. The Labute approximate surface area is 156 Å². The highest BCUT2D eigenvalue weighted by molar-refractivity contribution is 5.94. The van der Waals surface area contributed by atoms with E-state index in [0.29, 0.717) is 24.6 Å². The number of carbonyl (C=O) groups excluding carboxylic acids is 1. The maximum Gasteiger partial charge on any atom is 0.433 e. The van der Waals surface area contributed by atoms with Crippen LogP contribution in [-0.2, 0) is 6.18 Å². The first-order valence-corrected chi connectivity index (χ1v) is 9.11. The van der Waals surface area contributed by atoms with Crippen molar-refractivity contribution < 1.29 is 18.0 Å². The summed E-state index contributed by atoms with van der Waals surface area (Å²) in [5, 5.41) is 7.10. The fraction of sp³-hybridized carbons (Fsp3) is 0.474. The Morgan fingerprint density at radius 3 is 2.67 bits per heavy atom. The molecule has 1 aliphatic heterocycles. The molecule has 1 amide bonds. The Kier molecular flexibility index (Phi) is 5.84. The number of hydrogen-bond acceptors (Lipinski definition) is 3. The van der Waals surface area contributed by atoms with Crippen molar-refractivity contribution in [1.29, 1.82) is 0 Å². The third-order valence-electron chi connectivity index (χ3n) is 4.86. The number of nitrogens with zero attached hydrogens (tertiary/aromatic N) is 3. The summed E-state index contributed by atoms with van der Waals surface area (Å²) in [6.45, 7) is 5.27. The van der Waals surface area contributed by atoms with E-state index in [-0.39, 0.29) is 11.6 Å². The first-order valence-electron chi connectivity index (χ1n) is 9.11. The summed E-state index contributed by atoms with van der Waals surface area (Å²) in [6.07, 6.45) is -1.55. The van der Waals surface area contributed by atoms with E-state index in [1.807, 2.05) is 0 Å². The number of halogens is 3. The van der Waals surface area contributed by atoms with Gasteiger partial charge in [0.1, 0.15) is 5.69 Å². The molecule has 8 heteroatoms. The number of rotatable bonds is 5. The maximum absolute atomic E-state index is 13.1. The lowest BCUT2D eigenvalue weighted by molar-refractivity contribution is -0.142. The van der Waals surface area contributed by atoms with E-state index in [0.717, 1.165) is 42.9 Å². The standard InChI is InChI=1S/C19H23F3N4O/c1-2-23-13-14-7-10-25(11-8-14)18(27)15-4-3-5-16(12-15)26-17(6-9-24-26)19(20,21)22/h3-6,9,12,14,23H,2,7-8,10-11,13H2,1H3. The predicted molar refractivity (Wildman–Crippen MR) is 95.7 cm³/mol. The third-order valence-corrected chi connectivity index (χ3v) is 4.86. The largest absolute Gasteiger partial charge is 0.433 e. The minimum absolute atomic E-state index is 0.153. The van der Waals surface area contributed by atoms with Gasteiger partial charge in [0.05, 0.1) is 11.9 Å². The fourth-order valence-electron chi connectivity index (χ4n) is 3.37. The Balaban J connectivity index is 1.73. The lowest BCUT2D eigenvalue weighted by Crippen LogP contribution is -2.40. The predicted octanol–water partition coefficient (Wildman–Crippen LogP) is 3.35. The number of hydrogen-bond donors (Lipinski definition) is 1. The summed E-state index contributed by atoms with van der Waals surface area (Å²) in [6, 6.07) is 7.12. The highest BCUT2D eigenvalue weighted by Crippen LogP contribution is 2.30. The molecule has 146 valence electrons. The Hall–Kier alpha value is -2.35. The van der Waals surface area contributed by atoms with E-state index in [1.165, 1.54) is 12.1 Å². The minimum Gasteiger partial charge on any atom is -0.339 e. The fourth-order valence-corrected chi connectivity index (χ4v) is 3.37. The van der Waals surface area contributed by atoms with Crippen molar-refractivity contribution in [2.24, 2.45) is 5.92 Å². The van der Waals surface area contributed by atoms with Crippen LogP contribution in [0.15, 0.2) is 36.5 Å². The first-order chi connectivity index (χ1) is 12.9. The van der Waals surface area contributed by atoms with Crippen molar-refractivity contribution in [3.8, 4) is 5.69 Å². The molecule has 0 bridgehead atoms. The van der Waals surface area contributed by atoms with Gasteiger partial charge < -0.3 is 10.2 Å². The molecular weight excluding hydrogens is 357 g/mol. The molecule has 1 N–H and O–H groups in total. The van der Waals surface area contributed by atoms with Crippen LogP contribution in [-0.4, -0.2) is 46.8 Å². The lowest BCUT2D eigenvalue weighted by Gasteiger charge is -2.32. The smallest absolute Gasteiger partial charge is 0.339 e. The molecule has 0 unspecified atom stereocenters. The molecule has 1 fully saturated rings. The Morgan fingerprint density at radius 1 is 1.26 bits per heavy atom. The van der Waals surface area contributed by atoms with Crippen LogP contribution in [0.25, 0.3) is 5.69 Å². The van der Waals surface area contributed by atoms with E-state index in [2.05, 4.69) is 17.3 Å². The third kappa shape index (κ3) is 4.50. The Bertz CT molecular complexity index is 779. The molecule has 0 saturated carbocycles. The van der Waals surface area contributed by atoms with Crippen molar-refractivity contribution in [2.75, 3.05) is 26.2 Å². The van der Waals surface area contributed by atoms with Gasteiger partial charge in [-0.15, -0.1) is 0 Å². The van der Waals surface area contributed by atoms with Gasteiger partial charge in [-0.05, 0) is 56.1 Å². The molecule has 0 spiro atoms. The van der Waals surface area contributed by atoms with Crippen LogP contribution in [0.4, 0.5) is 13.2 Å². The number of carbonyl (C=O) groups is 1. The first kappa shape index (κ1) is 19.4. The summed E-state index contributed by atoms with van der Waals surface area (Å²) in [5.74, 6) is 0.401. The highest BCUT2D eigenvalue weighted by atomic mass is 19.4. The summed E-state index contributed by atoms with van der Waals surface area (Å²) >= 11 is 0. The summed E-state index contributed by atoms with van der Waals surface area (Å²) in [7, 11) is 0. The molecule has 5 nitrogen and oxygen atoms in total. The van der Waals surface area contributed by atoms with Gasteiger partial charge in [-0.2, -0.15) is 18.3 Å². The molecule has 0 atom stereocenters. The number of piperidine rings is 1. The van der Waals surface area contributed by atoms with Crippen LogP contribution in [0.1, 0.15) is 35.8 Å². The molecule has 1 saturated heterocycles. The van der Waals surface area contributed by atoms with Gasteiger partial charge in [-0.1, -0.05) is 13.0 Å². The number of alkyl halides is 3. The minimum atomic E-state index is -4.51. The maximum atomic E-state index is 13.1. The zero-order chi connectivity index (χ0) is 19.4. The normalized spacial score (nSPS) is 15.9. The zero-order valence-corrected chi connectivity index (χ0v) is 15.2. The monoisotopic (exact) mass is 380 g/mol. The van der Waals surface area contributed by atoms with Crippen molar-refractivity contribution in [1.82, 2.24) is 20.0 Å². The summed E-state index contributed by atoms with van der Waals surface area (Å²) in [4.78, 5) is 14.6. The average Bonchev–Trinajstić information content (AvgIpc) is 3.17. The van der Waals surface area contributed by atoms with Gasteiger partial charge in [0, 0.05) is 18.7 Å². The molecule has 0 aliphatic carbocycles. The topological polar surface area (TPSA) is 50.2 Å². The van der Waals surface area contributed by atoms with E-state index >= 15 is 0 Å². The lowest BCUT2D eigenvalue weighted by atomic mass is 9.96. The van der Waals surface area contributed by atoms with Gasteiger partial charge in [0.15, 0.2) is 0 Å². The van der Waals surface area contributed by atoms with Crippen molar-refractivity contribution in [2.45, 2.75) is 25.9 Å². The van der Waals surface area contributed by atoms with Gasteiger partial charge >= 0.3 is 6.18 Å². The van der Waals surface area contributed by atoms with Crippen molar-refractivity contribution >= 4 is 5.91 Å².